The molecule has 16 heavy (non-hydrogen) atoms. The predicted octanol–water partition coefficient (Wildman–Crippen LogP) is 2.37. The van der Waals surface area contributed by atoms with E-state index >= 15 is 0 Å². The van der Waals surface area contributed by atoms with Crippen molar-refractivity contribution >= 4 is 17.6 Å². The van der Waals surface area contributed by atoms with Crippen LogP contribution >= 0.6 is 11.6 Å². The highest BCUT2D eigenvalue weighted by molar-refractivity contribution is 6.30. The van der Waals surface area contributed by atoms with Crippen molar-refractivity contribution in [3.05, 3.63) is 28.8 Å². The van der Waals surface area contributed by atoms with Crippen LogP contribution in [-0.4, -0.2) is 18.2 Å². The Labute approximate surface area is 99.0 Å². The first-order valence-electron chi connectivity index (χ1n) is 4.63. The highest BCUT2D eigenvalue weighted by Crippen LogP contribution is 2.22. The van der Waals surface area contributed by atoms with Gasteiger partial charge in [0.25, 0.3) is 0 Å². The molecule has 1 aromatic rings. The van der Waals surface area contributed by atoms with Gasteiger partial charge in [0.1, 0.15) is 12.2 Å². The minimum atomic E-state index is -0.925. The van der Waals surface area contributed by atoms with Crippen LogP contribution in [0.4, 0.5) is 0 Å². The molecule has 0 amide bonds. The molecule has 0 aliphatic rings. The molecule has 0 aliphatic heterocycles. The first-order valence-corrected chi connectivity index (χ1v) is 5.01. The Bertz CT molecular complexity index is 443. The molecule has 4 heteroatoms. The van der Waals surface area contributed by atoms with Crippen LogP contribution < -0.4 is 4.74 Å². The van der Waals surface area contributed by atoms with Crippen LogP contribution in [0.25, 0.3) is 0 Å². The van der Waals surface area contributed by atoms with E-state index in [-0.39, 0.29) is 6.42 Å². The summed E-state index contributed by atoms with van der Waals surface area (Å²) in [5.41, 5.74) is 0.855. The summed E-state index contributed by atoms with van der Waals surface area (Å²) in [6.07, 6.45) is 0.278. The van der Waals surface area contributed by atoms with E-state index in [9.17, 15) is 4.79 Å². The van der Waals surface area contributed by atoms with Crippen LogP contribution in [0, 0.1) is 11.8 Å². The van der Waals surface area contributed by atoms with E-state index in [1.807, 2.05) is 0 Å². The van der Waals surface area contributed by atoms with Crippen molar-refractivity contribution in [3.8, 4) is 17.6 Å². The van der Waals surface area contributed by atoms with E-state index in [2.05, 4.69) is 11.8 Å². The second-order valence-electron chi connectivity index (χ2n) is 3.06. The standard InChI is InChI=1S/C12H11ClO3/c1-16-11-7-6-10(13)8-9(11)4-2-3-5-12(14)15/h6-8H,4-5H2,1H3,(H,14,15). The number of carbonyl (C=O) groups is 1. The maximum absolute atomic E-state index is 10.2. The number of benzene rings is 1. The summed E-state index contributed by atoms with van der Waals surface area (Å²) in [5, 5.41) is 9.01. The maximum Gasteiger partial charge on any atom is 0.315 e. The molecule has 0 aromatic heterocycles. The second-order valence-corrected chi connectivity index (χ2v) is 3.49. The summed E-state index contributed by atoms with van der Waals surface area (Å²) in [5.74, 6) is 5.10. The normalized spacial score (nSPS) is 9.12. The monoisotopic (exact) mass is 238 g/mol. The average Bonchev–Trinajstić information content (AvgIpc) is 2.24. The van der Waals surface area contributed by atoms with Gasteiger partial charge in [-0.25, -0.2) is 0 Å². The fourth-order valence-electron chi connectivity index (χ4n) is 1.18. The fourth-order valence-corrected chi connectivity index (χ4v) is 1.38. The number of carboxylic acids is 1. The summed E-state index contributed by atoms with van der Waals surface area (Å²) >= 11 is 5.84. The number of methoxy groups -OCH3 is 1. The summed E-state index contributed by atoms with van der Waals surface area (Å²) in [6, 6.07) is 5.25. The minimum absolute atomic E-state index is 0.150. The van der Waals surface area contributed by atoms with Gasteiger partial charge in [0, 0.05) is 17.0 Å². The summed E-state index contributed by atoms with van der Waals surface area (Å²) in [7, 11) is 1.57. The molecular weight excluding hydrogens is 228 g/mol. The van der Waals surface area contributed by atoms with Crippen molar-refractivity contribution in [1.82, 2.24) is 0 Å². The molecule has 0 saturated carbocycles. The molecule has 0 spiro atoms. The van der Waals surface area contributed by atoms with Crippen molar-refractivity contribution in [3.63, 3.8) is 0 Å². The molecule has 0 fully saturated rings. The molecule has 0 atom stereocenters. The molecule has 1 N–H and O–H groups in total. The lowest BCUT2D eigenvalue weighted by Gasteiger charge is -2.05. The molecule has 0 saturated heterocycles. The lowest BCUT2D eigenvalue weighted by molar-refractivity contribution is -0.135. The SMILES string of the molecule is COc1ccc(Cl)cc1CC#CCC(=O)O. The van der Waals surface area contributed by atoms with Crippen LogP contribution in [0.15, 0.2) is 18.2 Å². The third-order valence-electron chi connectivity index (χ3n) is 1.89. The van der Waals surface area contributed by atoms with E-state index in [4.69, 9.17) is 21.4 Å². The molecule has 84 valence electrons. The highest BCUT2D eigenvalue weighted by Gasteiger charge is 2.01. The Kier molecular flexibility index (Phi) is 4.68. The number of aliphatic carboxylic acids is 1. The highest BCUT2D eigenvalue weighted by atomic mass is 35.5. The Morgan fingerprint density at radius 3 is 2.88 bits per heavy atom. The number of halogens is 1. The van der Waals surface area contributed by atoms with Gasteiger partial charge in [-0.05, 0) is 18.2 Å². The van der Waals surface area contributed by atoms with E-state index in [0.717, 1.165) is 5.56 Å². The largest absolute Gasteiger partial charge is 0.496 e. The topological polar surface area (TPSA) is 46.5 Å². The number of hydrogen-bond donors (Lipinski definition) is 1. The smallest absolute Gasteiger partial charge is 0.315 e. The van der Waals surface area contributed by atoms with E-state index in [1.165, 1.54) is 0 Å². The van der Waals surface area contributed by atoms with Crippen molar-refractivity contribution in [2.45, 2.75) is 12.8 Å². The van der Waals surface area contributed by atoms with Gasteiger partial charge in [-0.15, -0.1) is 0 Å². The summed E-state index contributed by atoms with van der Waals surface area (Å²) < 4.78 is 5.14. The molecule has 0 heterocycles. The number of carboxylic acid groups (broad SMARTS) is 1. The summed E-state index contributed by atoms with van der Waals surface area (Å²) in [4.78, 5) is 10.2. The Hall–Kier alpha value is -1.66. The third-order valence-corrected chi connectivity index (χ3v) is 2.12. The Morgan fingerprint density at radius 2 is 2.25 bits per heavy atom. The van der Waals surface area contributed by atoms with Crippen LogP contribution in [0.1, 0.15) is 12.0 Å². The first kappa shape index (κ1) is 12.4. The van der Waals surface area contributed by atoms with Gasteiger partial charge in [0.05, 0.1) is 7.11 Å². The van der Waals surface area contributed by atoms with Gasteiger partial charge in [-0.3, -0.25) is 4.79 Å². The van der Waals surface area contributed by atoms with Gasteiger partial charge >= 0.3 is 5.97 Å². The molecule has 0 bridgehead atoms. The molecule has 1 aromatic carbocycles. The van der Waals surface area contributed by atoms with Crippen molar-refractivity contribution in [2.75, 3.05) is 7.11 Å². The lowest BCUT2D eigenvalue weighted by atomic mass is 10.1. The molecule has 0 unspecified atom stereocenters. The molecule has 0 radical (unpaired) electrons. The van der Waals surface area contributed by atoms with E-state index in [0.29, 0.717) is 17.2 Å². The van der Waals surface area contributed by atoms with Crippen LogP contribution in [0.5, 0.6) is 5.75 Å². The van der Waals surface area contributed by atoms with Gasteiger partial charge in [0.15, 0.2) is 0 Å². The van der Waals surface area contributed by atoms with Crippen LogP contribution in [0.3, 0.4) is 0 Å². The van der Waals surface area contributed by atoms with E-state index < -0.39 is 5.97 Å². The number of hydrogen-bond acceptors (Lipinski definition) is 2. The number of ether oxygens (including phenoxy) is 1. The molecule has 0 aliphatic carbocycles. The van der Waals surface area contributed by atoms with Crippen LogP contribution in [0.2, 0.25) is 5.02 Å². The summed E-state index contributed by atoms with van der Waals surface area (Å²) in [6.45, 7) is 0. The average molecular weight is 239 g/mol. The molecule has 1 rings (SSSR count). The predicted molar refractivity (Wildman–Crippen MR) is 61.7 cm³/mol. The first-order chi connectivity index (χ1) is 7.63. The zero-order valence-corrected chi connectivity index (χ0v) is 9.54. The zero-order chi connectivity index (χ0) is 12.0. The van der Waals surface area contributed by atoms with Crippen molar-refractivity contribution in [2.24, 2.45) is 0 Å². The van der Waals surface area contributed by atoms with Crippen molar-refractivity contribution in [1.29, 1.82) is 0 Å². The lowest BCUT2D eigenvalue weighted by Crippen LogP contribution is -1.92. The maximum atomic E-state index is 10.2. The second kappa shape index (κ2) is 6.04. The van der Waals surface area contributed by atoms with Crippen LogP contribution in [-0.2, 0) is 11.2 Å². The Morgan fingerprint density at radius 1 is 1.50 bits per heavy atom. The molecular formula is C12H11ClO3. The number of rotatable bonds is 3. The Balaban J connectivity index is 2.74. The fraction of sp³-hybridized carbons (Fsp3) is 0.250. The van der Waals surface area contributed by atoms with Gasteiger partial charge in [-0.2, -0.15) is 0 Å². The van der Waals surface area contributed by atoms with Gasteiger partial charge < -0.3 is 9.84 Å². The minimum Gasteiger partial charge on any atom is -0.496 e. The third kappa shape index (κ3) is 3.84. The quantitative estimate of drug-likeness (QED) is 0.823. The van der Waals surface area contributed by atoms with E-state index in [1.54, 1.807) is 25.3 Å². The van der Waals surface area contributed by atoms with Gasteiger partial charge in [0.2, 0.25) is 0 Å². The van der Waals surface area contributed by atoms with Gasteiger partial charge in [-0.1, -0.05) is 23.4 Å². The van der Waals surface area contributed by atoms with Crippen molar-refractivity contribution < 1.29 is 14.6 Å². The zero-order valence-electron chi connectivity index (χ0n) is 8.79. The molecule has 3 nitrogen and oxygen atoms in total.